The number of esters is 2. The fraction of sp³-hybridized carbons (Fsp3) is 0.556. The van der Waals surface area contributed by atoms with Crippen LogP contribution in [0.25, 0.3) is 6.08 Å². The van der Waals surface area contributed by atoms with Crippen LogP contribution in [-0.4, -0.2) is 94.0 Å². The maximum atomic E-state index is 17.6. The Morgan fingerprint density at radius 1 is 1.10 bits per heavy atom. The molecule has 1 unspecified atom stereocenters. The predicted octanol–water partition coefficient (Wildman–Crippen LogP) is 3.61. The quantitative estimate of drug-likeness (QED) is 0.138. The number of hydrogen-bond donors (Lipinski definition) is 3. The second-order valence-corrected chi connectivity index (χ2v) is 14.6. The van der Waals surface area contributed by atoms with Crippen molar-refractivity contribution in [3.8, 4) is 11.5 Å². The van der Waals surface area contributed by atoms with Crippen LogP contribution in [0.3, 0.4) is 0 Å². The highest BCUT2D eigenvalue weighted by Crippen LogP contribution is 2.72. The summed E-state index contributed by atoms with van der Waals surface area (Å²) >= 11 is 0. The van der Waals surface area contributed by atoms with Crippen molar-refractivity contribution in [2.24, 2.45) is 22.7 Å². The maximum absolute atomic E-state index is 17.6. The lowest BCUT2D eigenvalue weighted by Gasteiger charge is -2.62. The van der Waals surface area contributed by atoms with Crippen LogP contribution in [0.5, 0.6) is 11.5 Å². The van der Waals surface area contributed by atoms with E-state index in [1.807, 2.05) is 6.92 Å². The van der Waals surface area contributed by atoms with Crippen LogP contribution in [-0.2, 0) is 38.2 Å². The van der Waals surface area contributed by atoms with Gasteiger partial charge in [0.15, 0.2) is 47.6 Å². The van der Waals surface area contributed by atoms with E-state index in [1.54, 1.807) is 26.8 Å². The van der Waals surface area contributed by atoms with Gasteiger partial charge in [0.2, 0.25) is 5.78 Å². The van der Waals surface area contributed by atoms with Gasteiger partial charge < -0.3 is 28.8 Å². The largest absolute Gasteiger partial charge is 0.493 e. The van der Waals surface area contributed by atoms with Gasteiger partial charge in [0.05, 0.1) is 24.7 Å². The van der Waals surface area contributed by atoms with E-state index in [2.05, 4.69) is 4.84 Å². The molecule has 276 valence electrons. The Balaban J connectivity index is 1.18. The molecule has 1 aromatic carbocycles. The van der Waals surface area contributed by atoms with Gasteiger partial charge in [-0.3, -0.25) is 20.0 Å². The normalized spacial score (nSPS) is 36.2. The van der Waals surface area contributed by atoms with Crippen LogP contribution in [0.15, 0.2) is 48.1 Å². The molecule has 0 aromatic heterocycles. The zero-order chi connectivity index (χ0) is 37.1. The van der Waals surface area contributed by atoms with Crippen LogP contribution in [0.1, 0.15) is 58.9 Å². The van der Waals surface area contributed by atoms with Crippen LogP contribution in [0.4, 0.5) is 4.39 Å². The first-order valence-corrected chi connectivity index (χ1v) is 16.7. The first-order chi connectivity index (χ1) is 23.9. The van der Waals surface area contributed by atoms with Gasteiger partial charge >= 0.3 is 11.9 Å². The number of methoxy groups -OCH3 is 1. The Hall–Kier alpha value is -3.83. The number of ether oxygens (including phenoxy) is 5. The lowest BCUT2D eigenvalue weighted by molar-refractivity contribution is -0.489. The molecule has 0 bridgehead atoms. The molecule has 4 fully saturated rings. The average molecular weight is 716 g/mol. The van der Waals surface area contributed by atoms with E-state index in [9.17, 15) is 24.3 Å². The van der Waals surface area contributed by atoms with Crippen molar-refractivity contribution in [2.75, 3.05) is 20.3 Å². The van der Waals surface area contributed by atoms with Gasteiger partial charge in [0.25, 0.3) is 0 Å². The molecule has 8 atom stereocenters. The van der Waals surface area contributed by atoms with Gasteiger partial charge in [-0.15, -0.1) is 0 Å². The number of allylic oxidation sites excluding steroid dienone is 4. The van der Waals surface area contributed by atoms with Crippen molar-refractivity contribution in [1.29, 1.82) is 0 Å². The highest BCUT2D eigenvalue weighted by Gasteiger charge is 2.80. The Morgan fingerprint density at radius 3 is 2.55 bits per heavy atom. The van der Waals surface area contributed by atoms with E-state index in [4.69, 9.17) is 34.1 Å². The van der Waals surface area contributed by atoms with Crippen molar-refractivity contribution in [1.82, 2.24) is 5.39 Å². The highest BCUT2D eigenvalue weighted by atomic mass is 19.1. The van der Waals surface area contributed by atoms with Crippen molar-refractivity contribution in [3.63, 3.8) is 0 Å². The molecule has 1 aliphatic heterocycles. The summed E-state index contributed by atoms with van der Waals surface area (Å²) < 4.78 is 46.1. The fourth-order valence-corrected chi connectivity index (χ4v) is 9.40. The Bertz CT molecular complexity index is 1720. The fourth-order valence-electron chi connectivity index (χ4n) is 9.40. The second kappa shape index (κ2) is 13.0. The van der Waals surface area contributed by atoms with Gasteiger partial charge in [-0.1, -0.05) is 24.6 Å². The van der Waals surface area contributed by atoms with Crippen LogP contribution >= 0.6 is 0 Å². The Morgan fingerprint density at radius 2 is 1.84 bits per heavy atom. The lowest BCUT2D eigenvalue weighted by atomic mass is 9.44. The first kappa shape index (κ1) is 36.9. The molecule has 5 aliphatic rings. The van der Waals surface area contributed by atoms with Gasteiger partial charge in [-0.2, -0.15) is 0 Å². The number of aliphatic hydroxyl groups excluding tert-OH is 1. The van der Waals surface area contributed by atoms with E-state index in [0.29, 0.717) is 30.4 Å². The molecule has 3 saturated carbocycles. The standard InChI is InChI=1S/C36H42FNO13/c1-32(2)50-29-16-24-23-9-8-21-15-22(39)12-13-33(21,3)35(23,37)27(40)17-34(24,4)36(29,51-32)28(41)18-47-30(42)11-7-20-6-10-25(26(14-20)46-5)49-31(43)19-48-38(44)45/h6-7,10-15,23-24,27,29,40,44-45H,8-9,16-19H2,1-5H3/b11-7+/t23?,24-,27-,29+,33-,34-,35-,36+/m0/s1. The third-order valence-corrected chi connectivity index (χ3v) is 11.5. The smallest absolute Gasteiger partial charge is 0.339 e. The minimum Gasteiger partial charge on any atom is -0.493 e. The van der Waals surface area contributed by atoms with Gasteiger partial charge in [0, 0.05) is 22.8 Å². The summed E-state index contributed by atoms with van der Waals surface area (Å²) in [7, 11) is 1.33. The molecule has 0 amide bonds. The molecule has 0 radical (unpaired) electrons. The molecule has 15 heteroatoms. The molecule has 6 rings (SSSR count). The van der Waals surface area contributed by atoms with Crippen LogP contribution < -0.4 is 9.47 Å². The van der Waals surface area contributed by atoms with Gasteiger partial charge in [0.1, 0.15) is 0 Å². The summed E-state index contributed by atoms with van der Waals surface area (Å²) in [5.41, 5.74) is -4.93. The molecule has 14 nitrogen and oxygen atoms in total. The number of fused-ring (bicyclic) bond motifs is 7. The number of carbonyl (C=O) groups excluding carboxylic acids is 4. The Kier molecular flexibility index (Phi) is 9.41. The lowest BCUT2D eigenvalue weighted by Crippen LogP contribution is -2.70. The summed E-state index contributed by atoms with van der Waals surface area (Å²) in [5, 5.41) is 28.3. The third-order valence-electron chi connectivity index (χ3n) is 11.5. The number of rotatable bonds is 10. The number of Topliss-reactive ketones (excluding diaryl/α,β-unsaturated/α-hetero) is 1. The van der Waals surface area contributed by atoms with E-state index in [-0.39, 0.29) is 23.7 Å². The number of nitrogens with zero attached hydrogens (tertiary/aromatic N) is 1. The number of aliphatic hydroxyl groups is 1. The molecular weight excluding hydrogens is 673 g/mol. The monoisotopic (exact) mass is 715 g/mol. The zero-order valence-electron chi connectivity index (χ0n) is 28.9. The van der Waals surface area contributed by atoms with Crippen molar-refractivity contribution in [3.05, 3.63) is 53.6 Å². The maximum Gasteiger partial charge on any atom is 0.339 e. The molecule has 0 spiro atoms. The van der Waals surface area contributed by atoms with E-state index < -0.39 is 88.3 Å². The van der Waals surface area contributed by atoms with E-state index in [1.165, 1.54) is 43.5 Å². The van der Waals surface area contributed by atoms with Crippen LogP contribution in [0.2, 0.25) is 0 Å². The second-order valence-electron chi connectivity index (χ2n) is 14.6. The van der Waals surface area contributed by atoms with Gasteiger partial charge in [-0.05, 0) is 88.3 Å². The summed E-state index contributed by atoms with van der Waals surface area (Å²) in [6.45, 7) is 5.45. The van der Waals surface area contributed by atoms with Crippen molar-refractivity contribution >= 4 is 29.6 Å². The molecular formula is C36H42FNO13. The molecule has 1 saturated heterocycles. The summed E-state index contributed by atoms with van der Waals surface area (Å²) in [6.07, 6.45) is 5.61. The summed E-state index contributed by atoms with van der Waals surface area (Å²) in [6, 6.07) is 4.35. The summed E-state index contributed by atoms with van der Waals surface area (Å²) in [5.74, 6) is -4.73. The molecule has 51 heavy (non-hydrogen) atoms. The average Bonchev–Trinajstić information content (AvgIpc) is 3.48. The zero-order valence-corrected chi connectivity index (χ0v) is 28.9. The predicted molar refractivity (Wildman–Crippen MR) is 171 cm³/mol. The number of alkyl halides is 1. The summed E-state index contributed by atoms with van der Waals surface area (Å²) in [4.78, 5) is 55.4. The van der Waals surface area contributed by atoms with E-state index >= 15 is 4.39 Å². The minimum absolute atomic E-state index is 0.000102. The topological polar surface area (TPSA) is 188 Å². The molecule has 1 aromatic rings. The van der Waals surface area contributed by atoms with Crippen molar-refractivity contribution in [2.45, 2.75) is 82.6 Å². The number of benzene rings is 1. The van der Waals surface area contributed by atoms with Crippen LogP contribution in [0, 0.1) is 22.7 Å². The molecule has 4 aliphatic carbocycles. The third kappa shape index (κ3) is 5.94. The molecule has 1 heterocycles. The van der Waals surface area contributed by atoms with E-state index in [0.717, 1.165) is 6.08 Å². The number of carbonyl (C=O) groups is 4. The first-order valence-electron chi connectivity index (χ1n) is 16.7. The van der Waals surface area contributed by atoms with Crippen molar-refractivity contribution < 1.29 is 67.6 Å². The Labute approximate surface area is 293 Å². The molecule has 3 N–H and O–H groups in total. The number of halogens is 1. The SMILES string of the molecule is COc1cc(/C=C/C(=O)OCC(=O)[C@@]23OC(C)(C)O[C@@H]2C[C@H]2C4CCC5=CC(=O)C=C[C@]5(C)[C@@]4(F)[C@@H](O)C[C@@]23C)ccc1OC(=O)CON(O)O. The van der Waals surface area contributed by atoms with Gasteiger partial charge in [-0.25, -0.2) is 18.8 Å². The number of hydrogen-bond acceptors (Lipinski definition) is 14. The number of ketones is 2. The minimum atomic E-state index is -2.10. The highest BCUT2D eigenvalue weighted by molar-refractivity contribution is 6.01.